The summed E-state index contributed by atoms with van der Waals surface area (Å²) in [5.74, 6) is 0. The summed E-state index contributed by atoms with van der Waals surface area (Å²) in [5.41, 5.74) is 8.54. The van der Waals surface area contributed by atoms with Gasteiger partial charge >= 0.3 is 0 Å². The number of benzene rings is 8. The number of aromatic nitrogens is 2. The quantitative estimate of drug-likeness (QED) is 0.138. The molecule has 8 aromatic carbocycles. The van der Waals surface area contributed by atoms with Gasteiger partial charge in [0.25, 0.3) is 0 Å². The number of hydrogen-bond donors (Lipinski definition) is 1. The normalized spacial score (nSPS) is 12.2. The van der Waals surface area contributed by atoms with Crippen molar-refractivity contribution in [3.8, 4) is 5.69 Å². The molecule has 0 aliphatic heterocycles. The van der Waals surface area contributed by atoms with Crippen LogP contribution in [0.1, 0.15) is 11.1 Å². The number of para-hydroxylation sites is 3. The molecule has 0 radical (unpaired) electrons. The SMILES string of the molecule is N=C(c1ccccc1)c1ccccc1/N=C/n1c2cc3c(cc2c2ccc4c(sc5ccc6ccccc6c54)c21)c1ccccc1n3-c1ccccc1. The summed E-state index contributed by atoms with van der Waals surface area (Å²) in [6, 6.07) is 59.7. The Labute approximate surface area is 308 Å². The van der Waals surface area contributed by atoms with E-state index >= 15 is 0 Å². The van der Waals surface area contributed by atoms with E-state index in [1.807, 2.05) is 72.3 Å². The summed E-state index contributed by atoms with van der Waals surface area (Å²) in [6.45, 7) is 0. The molecule has 248 valence electrons. The van der Waals surface area contributed by atoms with Crippen LogP contribution in [0.15, 0.2) is 175 Å². The molecule has 1 N–H and O–H groups in total. The van der Waals surface area contributed by atoms with Crippen molar-refractivity contribution >= 4 is 104 Å². The number of aliphatic imine (C=N–C) groups is 1. The molecule has 5 heteroatoms. The summed E-state index contributed by atoms with van der Waals surface area (Å²) in [4.78, 5) is 5.20. The molecule has 11 rings (SSSR count). The Morgan fingerprint density at radius 1 is 0.547 bits per heavy atom. The van der Waals surface area contributed by atoms with E-state index in [1.165, 1.54) is 58.0 Å². The third-order valence-corrected chi connectivity index (χ3v) is 11.8. The Bertz CT molecular complexity index is 3290. The number of thiophene rings is 1. The number of fused-ring (bicyclic) bond motifs is 12. The Balaban J connectivity index is 1.25. The minimum absolute atomic E-state index is 0.452. The number of nitrogens with one attached hydrogen (secondary N) is 1. The van der Waals surface area contributed by atoms with Crippen molar-refractivity contribution in [2.45, 2.75) is 0 Å². The van der Waals surface area contributed by atoms with Crippen LogP contribution in [0.2, 0.25) is 0 Å². The number of hydrogen-bond acceptors (Lipinski definition) is 3. The highest BCUT2D eigenvalue weighted by atomic mass is 32.1. The average Bonchev–Trinajstić information content (AvgIpc) is 3.87. The predicted octanol–water partition coefficient (Wildman–Crippen LogP) is 13.0. The number of rotatable bonds is 5. The molecule has 0 bridgehead atoms. The fraction of sp³-hybridized carbons (Fsp3) is 0. The van der Waals surface area contributed by atoms with Crippen LogP contribution in [-0.2, 0) is 0 Å². The largest absolute Gasteiger partial charge is 0.309 e. The summed E-state index contributed by atoms with van der Waals surface area (Å²) in [7, 11) is 0. The highest BCUT2D eigenvalue weighted by Gasteiger charge is 2.21. The topological polar surface area (TPSA) is 46.1 Å². The fourth-order valence-corrected chi connectivity index (χ4v) is 9.51. The van der Waals surface area contributed by atoms with Gasteiger partial charge in [-0.2, -0.15) is 0 Å². The average molecular weight is 695 g/mol. The van der Waals surface area contributed by atoms with Gasteiger partial charge in [-0.15, -0.1) is 11.3 Å². The van der Waals surface area contributed by atoms with E-state index in [0.29, 0.717) is 5.71 Å². The van der Waals surface area contributed by atoms with E-state index in [-0.39, 0.29) is 0 Å². The van der Waals surface area contributed by atoms with Crippen LogP contribution in [0.3, 0.4) is 0 Å². The number of nitrogens with zero attached hydrogens (tertiary/aromatic N) is 3. The van der Waals surface area contributed by atoms with Crippen LogP contribution in [0, 0.1) is 5.41 Å². The van der Waals surface area contributed by atoms with Crippen molar-refractivity contribution in [3.05, 3.63) is 181 Å². The summed E-state index contributed by atoms with van der Waals surface area (Å²) < 4.78 is 7.18. The zero-order valence-electron chi connectivity index (χ0n) is 28.5. The minimum atomic E-state index is 0.452. The fourth-order valence-electron chi connectivity index (χ4n) is 8.24. The van der Waals surface area contributed by atoms with Crippen molar-refractivity contribution in [2.75, 3.05) is 0 Å². The molecule has 0 amide bonds. The van der Waals surface area contributed by atoms with E-state index in [4.69, 9.17) is 10.4 Å². The van der Waals surface area contributed by atoms with Gasteiger partial charge in [0.2, 0.25) is 0 Å². The van der Waals surface area contributed by atoms with Gasteiger partial charge in [-0.1, -0.05) is 127 Å². The monoisotopic (exact) mass is 694 g/mol. The lowest BCUT2D eigenvalue weighted by molar-refractivity contribution is 1.18. The molecule has 0 spiro atoms. The molecule has 3 heterocycles. The van der Waals surface area contributed by atoms with Gasteiger partial charge in [0, 0.05) is 53.8 Å². The van der Waals surface area contributed by atoms with E-state index in [2.05, 4.69) is 124 Å². The third kappa shape index (κ3) is 4.48. The molecule has 0 aliphatic rings. The Morgan fingerprint density at radius 2 is 1.25 bits per heavy atom. The van der Waals surface area contributed by atoms with Gasteiger partial charge in [-0.3, -0.25) is 9.98 Å². The molecule has 0 unspecified atom stereocenters. The van der Waals surface area contributed by atoms with E-state index in [1.54, 1.807) is 0 Å². The maximum atomic E-state index is 9.13. The van der Waals surface area contributed by atoms with Crippen molar-refractivity contribution in [2.24, 2.45) is 4.99 Å². The van der Waals surface area contributed by atoms with Gasteiger partial charge in [-0.25, -0.2) is 4.99 Å². The van der Waals surface area contributed by atoms with Crippen molar-refractivity contribution in [1.82, 2.24) is 9.13 Å². The van der Waals surface area contributed by atoms with E-state index in [9.17, 15) is 0 Å². The first-order chi connectivity index (χ1) is 26.2. The molecule has 53 heavy (non-hydrogen) atoms. The molecule has 3 aromatic heterocycles. The molecule has 4 nitrogen and oxygen atoms in total. The zero-order valence-corrected chi connectivity index (χ0v) is 29.3. The molecule has 0 fully saturated rings. The van der Waals surface area contributed by atoms with Crippen LogP contribution in [0.5, 0.6) is 0 Å². The van der Waals surface area contributed by atoms with E-state index < -0.39 is 0 Å². The lowest BCUT2D eigenvalue weighted by Gasteiger charge is -2.09. The van der Waals surface area contributed by atoms with Crippen LogP contribution in [-0.4, -0.2) is 21.2 Å². The second kappa shape index (κ2) is 11.6. The van der Waals surface area contributed by atoms with Crippen molar-refractivity contribution in [3.63, 3.8) is 0 Å². The van der Waals surface area contributed by atoms with Crippen molar-refractivity contribution in [1.29, 1.82) is 5.41 Å². The van der Waals surface area contributed by atoms with Gasteiger partial charge in [-0.05, 0) is 53.2 Å². The Hall–Kier alpha value is -6.82. The summed E-state index contributed by atoms with van der Waals surface area (Å²) in [5, 5.41) is 19.0. The predicted molar refractivity (Wildman–Crippen MR) is 227 cm³/mol. The van der Waals surface area contributed by atoms with Crippen LogP contribution < -0.4 is 0 Å². The third-order valence-electron chi connectivity index (χ3n) is 10.6. The van der Waals surface area contributed by atoms with Crippen molar-refractivity contribution < 1.29 is 0 Å². The molecule has 0 saturated heterocycles. The molecule has 11 aromatic rings. The maximum Gasteiger partial charge on any atom is 0.100 e. The van der Waals surface area contributed by atoms with Gasteiger partial charge in [0.05, 0.1) is 38.2 Å². The van der Waals surface area contributed by atoms with Crippen LogP contribution >= 0.6 is 11.3 Å². The lowest BCUT2D eigenvalue weighted by Crippen LogP contribution is -2.02. The van der Waals surface area contributed by atoms with Gasteiger partial charge in [0.1, 0.15) is 6.34 Å². The second-order valence-electron chi connectivity index (χ2n) is 13.5. The first-order valence-corrected chi connectivity index (χ1v) is 18.6. The lowest BCUT2D eigenvalue weighted by atomic mass is 10.0. The van der Waals surface area contributed by atoms with Gasteiger partial charge in [0.15, 0.2) is 0 Å². The van der Waals surface area contributed by atoms with Crippen LogP contribution in [0.25, 0.3) is 80.2 Å². The first kappa shape index (κ1) is 29.9. The molecule has 0 saturated carbocycles. The molecule has 0 atom stereocenters. The maximum absolute atomic E-state index is 9.13. The molecule has 0 aliphatic carbocycles. The first-order valence-electron chi connectivity index (χ1n) is 17.8. The second-order valence-corrected chi connectivity index (χ2v) is 14.6. The Kier molecular flexibility index (Phi) is 6.54. The summed E-state index contributed by atoms with van der Waals surface area (Å²) in [6.07, 6.45) is 1.98. The van der Waals surface area contributed by atoms with Crippen LogP contribution in [0.4, 0.5) is 5.69 Å². The standard InChI is InChI=1S/C48H30N4S/c49-46(31-14-3-1-4-15-31)36-20-9-11-21-40(36)50-29-51-42-28-43-38(34-19-10-12-22-41(34)52(43)32-16-5-2-6-17-32)27-39(42)35-24-25-37-45-33-18-8-7-13-30(33)23-26-44(45)53-48(37)47(35)51/h1-29,49H/b49-46?,50-29+. The smallest absolute Gasteiger partial charge is 0.100 e. The zero-order chi connectivity index (χ0) is 35.0. The summed E-state index contributed by atoms with van der Waals surface area (Å²) >= 11 is 1.85. The molecular formula is C48H30N4S. The molecular weight excluding hydrogens is 665 g/mol. The van der Waals surface area contributed by atoms with E-state index in [0.717, 1.165) is 39.1 Å². The van der Waals surface area contributed by atoms with Gasteiger partial charge < -0.3 is 4.57 Å². The minimum Gasteiger partial charge on any atom is -0.309 e. The Morgan fingerprint density at radius 3 is 2.11 bits per heavy atom. The highest BCUT2D eigenvalue weighted by Crippen LogP contribution is 2.45. The highest BCUT2D eigenvalue weighted by molar-refractivity contribution is 7.26.